The lowest BCUT2D eigenvalue weighted by Gasteiger charge is -2.18. The Balaban J connectivity index is 1.69. The van der Waals surface area contributed by atoms with Gasteiger partial charge in [-0.15, -0.1) is 0 Å². The minimum atomic E-state index is -0.201. The lowest BCUT2D eigenvalue weighted by atomic mass is 10.2. The number of carbonyl (C=O) groups is 2. The average Bonchev–Trinajstić information content (AvgIpc) is 2.96. The van der Waals surface area contributed by atoms with Crippen molar-refractivity contribution in [1.29, 1.82) is 0 Å². The summed E-state index contributed by atoms with van der Waals surface area (Å²) in [6.45, 7) is 3.10. The van der Waals surface area contributed by atoms with Crippen molar-refractivity contribution in [3.63, 3.8) is 0 Å². The van der Waals surface area contributed by atoms with E-state index in [9.17, 15) is 9.59 Å². The van der Waals surface area contributed by atoms with Gasteiger partial charge in [0.25, 0.3) is 0 Å². The minimum absolute atomic E-state index is 0.0152. The normalized spacial score (nSPS) is 14.2. The van der Waals surface area contributed by atoms with Gasteiger partial charge in [-0.2, -0.15) is 0 Å². The number of ketones is 1. The maximum absolute atomic E-state index is 12.5. The Morgan fingerprint density at radius 3 is 2.67 bits per heavy atom. The predicted octanol–water partition coefficient (Wildman–Crippen LogP) is 2.52. The van der Waals surface area contributed by atoms with Crippen LogP contribution < -0.4 is 9.64 Å². The predicted molar refractivity (Wildman–Crippen MR) is 90.6 cm³/mol. The highest BCUT2D eigenvalue weighted by molar-refractivity contribution is 6.01. The molecule has 0 aliphatic carbocycles. The lowest BCUT2D eigenvalue weighted by molar-refractivity contribution is 0.0949. The van der Waals surface area contributed by atoms with Gasteiger partial charge in [-0.3, -0.25) is 14.7 Å². The highest BCUT2D eigenvalue weighted by Crippen LogP contribution is 2.21. The van der Waals surface area contributed by atoms with E-state index in [4.69, 9.17) is 4.74 Å². The number of anilines is 1. The van der Waals surface area contributed by atoms with Crippen LogP contribution in [0.15, 0.2) is 42.6 Å². The second-order valence-electron chi connectivity index (χ2n) is 5.70. The third kappa shape index (κ3) is 3.22. The molecular formula is C18H19N3O3. The Morgan fingerprint density at radius 1 is 1.21 bits per heavy atom. The Labute approximate surface area is 140 Å². The van der Waals surface area contributed by atoms with Crippen molar-refractivity contribution < 1.29 is 14.3 Å². The summed E-state index contributed by atoms with van der Waals surface area (Å²) >= 11 is 0. The first-order valence-corrected chi connectivity index (χ1v) is 7.75. The van der Waals surface area contributed by atoms with Crippen molar-refractivity contribution in [2.24, 2.45) is 0 Å². The summed E-state index contributed by atoms with van der Waals surface area (Å²) < 4.78 is 5.10. The number of hydrogen-bond donors (Lipinski definition) is 0. The molecule has 0 N–H and O–H groups in total. The summed E-state index contributed by atoms with van der Waals surface area (Å²) in [5.41, 5.74) is 2.29. The van der Waals surface area contributed by atoms with Crippen molar-refractivity contribution in [3.8, 4) is 5.75 Å². The average molecular weight is 325 g/mol. The summed E-state index contributed by atoms with van der Waals surface area (Å²) in [6.07, 6.45) is 1.52. The van der Waals surface area contributed by atoms with Crippen molar-refractivity contribution in [1.82, 2.24) is 9.88 Å². The van der Waals surface area contributed by atoms with Crippen molar-refractivity contribution in [2.75, 3.05) is 31.6 Å². The van der Waals surface area contributed by atoms with Gasteiger partial charge in [0.2, 0.25) is 5.78 Å². The van der Waals surface area contributed by atoms with Gasteiger partial charge in [0, 0.05) is 31.0 Å². The first-order chi connectivity index (χ1) is 11.6. The van der Waals surface area contributed by atoms with E-state index < -0.39 is 0 Å². The number of pyridine rings is 1. The van der Waals surface area contributed by atoms with Gasteiger partial charge in [0.05, 0.1) is 13.7 Å². The number of nitrogens with zero attached hydrogens (tertiary/aromatic N) is 3. The van der Waals surface area contributed by atoms with E-state index in [2.05, 4.69) is 4.98 Å². The van der Waals surface area contributed by atoms with E-state index >= 15 is 0 Å². The van der Waals surface area contributed by atoms with Crippen LogP contribution in [0.1, 0.15) is 16.1 Å². The van der Waals surface area contributed by atoms with Crippen LogP contribution in [0.3, 0.4) is 0 Å². The number of aromatic nitrogens is 1. The van der Waals surface area contributed by atoms with Crippen LogP contribution in [0, 0.1) is 6.92 Å². The molecule has 0 spiro atoms. The summed E-state index contributed by atoms with van der Waals surface area (Å²) in [4.78, 5) is 32.2. The van der Waals surface area contributed by atoms with Crippen LogP contribution in [-0.4, -0.2) is 48.4 Å². The number of rotatable bonds is 5. The SMILES string of the molecule is COc1ccnc(C(=O)CN2CCN(c3ccc(C)cc3)C2=O)c1. The summed E-state index contributed by atoms with van der Waals surface area (Å²) in [5, 5.41) is 0. The van der Waals surface area contributed by atoms with Crippen LogP contribution >= 0.6 is 0 Å². The molecule has 1 aromatic carbocycles. The van der Waals surface area contributed by atoms with Gasteiger partial charge in [0.15, 0.2) is 0 Å². The van der Waals surface area contributed by atoms with Crippen LogP contribution in [-0.2, 0) is 0 Å². The molecule has 3 rings (SSSR count). The second-order valence-corrected chi connectivity index (χ2v) is 5.70. The first kappa shape index (κ1) is 16.0. The number of amides is 2. The quantitative estimate of drug-likeness (QED) is 0.793. The standard InChI is InChI=1S/C18H19N3O3/c1-13-3-5-14(6-4-13)21-10-9-20(18(21)23)12-17(22)16-11-15(24-2)7-8-19-16/h3-8,11H,9-10,12H2,1-2H3. The number of methoxy groups -OCH3 is 1. The lowest BCUT2D eigenvalue weighted by Crippen LogP contribution is -2.35. The molecule has 2 aromatic rings. The van der Waals surface area contributed by atoms with Gasteiger partial charge in [0.1, 0.15) is 11.4 Å². The van der Waals surface area contributed by atoms with Gasteiger partial charge < -0.3 is 9.64 Å². The van der Waals surface area contributed by atoms with E-state index in [1.54, 1.807) is 21.9 Å². The molecule has 124 valence electrons. The topological polar surface area (TPSA) is 62.7 Å². The molecule has 1 saturated heterocycles. The Hall–Kier alpha value is -2.89. The molecule has 0 radical (unpaired) electrons. The fraction of sp³-hybridized carbons (Fsp3) is 0.278. The first-order valence-electron chi connectivity index (χ1n) is 7.75. The number of carbonyl (C=O) groups excluding carboxylic acids is 2. The fourth-order valence-corrected chi connectivity index (χ4v) is 2.64. The zero-order valence-corrected chi connectivity index (χ0v) is 13.7. The molecule has 1 fully saturated rings. The molecule has 0 saturated carbocycles. The zero-order chi connectivity index (χ0) is 17.1. The maximum atomic E-state index is 12.5. The number of aryl methyl sites for hydroxylation is 1. The number of ether oxygens (including phenoxy) is 1. The van der Waals surface area contributed by atoms with Crippen LogP contribution in [0.5, 0.6) is 5.75 Å². The molecule has 6 heteroatoms. The number of benzene rings is 1. The van der Waals surface area contributed by atoms with Gasteiger partial charge in [-0.1, -0.05) is 17.7 Å². The van der Waals surface area contributed by atoms with Gasteiger partial charge in [-0.05, 0) is 25.1 Å². The molecule has 0 unspecified atom stereocenters. The monoisotopic (exact) mass is 325 g/mol. The Kier molecular flexibility index (Phi) is 4.46. The number of urea groups is 1. The van der Waals surface area contributed by atoms with Crippen molar-refractivity contribution in [3.05, 3.63) is 53.9 Å². The molecule has 24 heavy (non-hydrogen) atoms. The summed E-state index contributed by atoms with van der Waals surface area (Å²) in [5.74, 6) is 0.371. The molecule has 0 bridgehead atoms. The molecule has 2 heterocycles. The van der Waals surface area contributed by atoms with Gasteiger partial charge in [-0.25, -0.2) is 4.79 Å². The molecule has 1 aliphatic heterocycles. The van der Waals surface area contributed by atoms with Gasteiger partial charge >= 0.3 is 6.03 Å². The zero-order valence-electron chi connectivity index (χ0n) is 13.7. The Bertz CT molecular complexity index is 758. The van der Waals surface area contributed by atoms with E-state index in [1.165, 1.54) is 13.3 Å². The second kappa shape index (κ2) is 6.70. The van der Waals surface area contributed by atoms with E-state index in [-0.39, 0.29) is 18.4 Å². The van der Waals surface area contributed by atoms with Crippen LogP contribution in [0.4, 0.5) is 10.5 Å². The maximum Gasteiger partial charge on any atom is 0.325 e. The van der Waals surface area contributed by atoms with Crippen molar-refractivity contribution >= 4 is 17.5 Å². The molecule has 1 aliphatic rings. The molecule has 0 atom stereocenters. The van der Waals surface area contributed by atoms with Crippen LogP contribution in [0.25, 0.3) is 0 Å². The minimum Gasteiger partial charge on any atom is -0.497 e. The highest BCUT2D eigenvalue weighted by Gasteiger charge is 2.31. The third-order valence-electron chi connectivity index (χ3n) is 4.03. The number of Topliss-reactive ketones (excluding diaryl/α,β-unsaturated/α-hetero) is 1. The molecule has 6 nitrogen and oxygen atoms in total. The van der Waals surface area contributed by atoms with E-state index in [0.29, 0.717) is 24.5 Å². The molecule has 1 aromatic heterocycles. The smallest absolute Gasteiger partial charge is 0.325 e. The highest BCUT2D eigenvalue weighted by atomic mass is 16.5. The summed E-state index contributed by atoms with van der Waals surface area (Å²) in [6, 6.07) is 10.9. The number of hydrogen-bond acceptors (Lipinski definition) is 4. The molecule has 2 amide bonds. The summed E-state index contributed by atoms with van der Waals surface area (Å²) in [7, 11) is 1.53. The largest absolute Gasteiger partial charge is 0.497 e. The van der Waals surface area contributed by atoms with E-state index in [0.717, 1.165) is 11.3 Å². The fourth-order valence-electron chi connectivity index (χ4n) is 2.64. The third-order valence-corrected chi connectivity index (χ3v) is 4.03. The molecular weight excluding hydrogens is 306 g/mol. The Morgan fingerprint density at radius 2 is 1.96 bits per heavy atom. The van der Waals surface area contributed by atoms with E-state index in [1.807, 2.05) is 31.2 Å². The van der Waals surface area contributed by atoms with Crippen LogP contribution in [0.2, 0.25) is 0 Å². The van der Waals surface area contributed by atoms with Crippen molar-refractivity contribution in [2.45, 2.75) is 6.92 Å².